The molecule has 2 heterocycles. The van der Waals surface area contributed by atoms with Crippen LogP contribution < -0.4 is 5.01 Å². The quantitative estimate of drug-likeness (QED) is 0.189. The number of anilines is 1. The minimum atomic E-state index is -3.75. The number of thiazole rings is 1. The molecule has 5 aromatic rings. The molecule has 7 nitrogen and oxygen atoms in total. The van der Waals surface area contributed by atoms with Crippen molar-refractivity contribution in [2.24, 2.45) is 5.10 Å². The summed E-state index contributed by atoms with van der Waals surface area (Å²) in [5, 5.41) is 5.83. The number of aromatic nitrogens is 1. The van der Waals surface area contributed by atoms with Crippen molar-refractivity contribution in [2.45, 2.75) is 17.9 Å². The molecule has 200 valence electrons. The fraction of sp³-hybridized carbons (Fsp3) is 0.100. The summed E-state index contributed by atoms with van der Waals surface area (Å²) in [7, 11) is -3.75. The lowest BCUT2D eigenvalue weighted by molar-refractivity contribution is 0.0987. The van der Waals surface area contributed by atoms with E-state index in [9.17, 15) is 17.6 Å². The molecule has 0 radical (unpaired) electrons. The lowest BCUT2D eigenvalue weighted by atomic mass is 10.0. The number of hydrazone groups is 1. The number of hydrogen-bond donors (Lipinski definition) is 0. The topological polar surface area (TPSA) is 82.9 Å². The molecule has 4 aromatic carbocycles. The van der Waals surface area contributed by atoms with Gasteiger partial charge in [-0.25, -0.2) is 17.8 Å². The Morgan fingerprint density at radius 2 is 1.68 bits per heavy atom. The first-order valence-electron chi connectivity index (χ1n) is 12.5. The molecule has 1 aromatic heterocycles. The molecule has 0 spiro atoms. The van der Waals surface area contributed by atoms with Crippen molar-refractivity contribution in [3.05, 3.63) is 125 Å². The van der Waals surface area contributed by atoms with Crippen molar-refractivity contribution in [1.82, 2.24) is 9.29 Å². The third kappa shape index (κ3) is 5.16. The van der Waals surface area contributed by atoms with Crippen molar-refractivity contribution in [1.29, 1.82) is 0 Å². The highest BCUT2D eigenvalue weighted by molar-refractivity contribution is 7.89. The van der Waals surface area contributed by atoms with Gasteiger partial charge in [0.2, 0.25) is 15.2 Å². The van der Waals surface area contributed by atoms with E-state index in [1.807, 2.05) is 54.6 Å². The Morgan fingerprint density at radius 1 is 0.950 bits per heavy atom. The van der Waals surface area contributed by atoms with E-state index >= 15 is 0 Å². The van der Waals surface area contributed by atoms with Crippen molar-refractivity contribution in [3.8, 4) is 0 Å². The van der Waals surface area contributed by atoms with Crippen LogP contribution in [-0.2, 0) is 23.0 Å². The van der Waals surface area contributed by atoms with E-state index in [1.165, 1.54) is 46.9 Å². The average Bonchev–Trinajstić information content (AvgIpc) is 3.40. The van der Waals surface area contributed by atoms with E-state index in [0.717, 1.165) is 33.0 Å². The zero-order valence-corrected chi connectivity index (χ0v) is 22.8. The van der Waals surface area contributed by atoms with Crippen LogP contribution in [0.1, 0.15) is 27.0 Å². The van der Waals surface area contributed by atoms with Crippen molar-refractivity contribution in [3.63, 3.8) is 0 Å². The van der Waals surface area contributed by atoms with Crippen molar-refractivity contribution < 1.29 is 17.6 Å². The van der Waals surface area contributed by atoms with Crippen LogP contribution >= 0.6 is 11.3 Å². The number of fused-ring (bicyclic) bond motifs is 2. The standard InChI is InChI=1S/C30H23FN4O3S2/c31-25-12-15-27-28(18-25)39-30(33-27)35(32-19-21-6-2-1-3-7-21)29(36)23-10-13-26(14-11-23)40(37,38)34-17-16-22-8-4-5-9-24(22)20-34/h1-15,18-19H,16-17,20H2/b32-19+. The maximum atomic E-state index is 13.8. The summed E-state index contributed by atoms with van der Waals surface area (Å²) < 4.78 is 42.6. The second kappa shape index (κ2) is 10.7. The van der Waals surface area contributed by atoms with Gasteiger partial charge >= 0.3 is 0 Å². The first-order valence-corrected chi connectivity index (χ1v) is 14.8. The highest BCUT2D eigenvalue weighted by atomic mass is 32.2. The molecule has 1 amide bonds. The van der Waals surface area contributed by atoms with Gasteiger partial charge in [-0.1, -0.05) is 65.9 Å². The van der Waals surface area contributed by atoms with Crippen LogP contribution in [0.5, 0.6) is 0 Å². The largest absolute Gasteiger partial charge is 0.280 e. The molecule has 6 rings (SSSR count). The van der Waals surface area contributed by atoms with Crippen LogP contribution in [0.25, 0.3) is 10.2 Å². The van der Waals surface area contributed by atoms with Crippen LogP contribution in [0.2, 0.25) is 0 Å². The predicted octanol–water partition coefficient (Wildman–Crippen LogP) is 5.86. The van der Waals surface area contributed by atoms with E-state index in [2.05, 4.69) is 10.1 Å². The number of hydrogen-bond acceptors (Lipinski definition) is 6. The molecule has 0 atom stereocenters. The van der Waals surface area contributed by atoms with Gasteiger partial charge in [0.05, 0.1) is 21.3 Å². The third-order valence-corrected chi connectivity index (χ3v) is 9.52. The highest BCUT2D eigenvalue weighted by Crippen LogP contribution is 2.31. The summed E-state index contributed by atoms with van der Waals surface area (Å²) in [6.45, 7) is 0.694. The molecule has 0 saturated heterocycles. The number of rotatable bonds is 6. The monoisotopic (exact) mass is 570 g/mol. The summed E-state index contributed by atoms with van der Waals surface area (Å²) in [5.74, 6) is -0.898. The molecule has 10 heteroatoms. The molecule has 0 unspecified atom stereocenters. The van der Waals surface area contributed by atoms with Gasteiger partial charge in [-0.05, 0) is 65.6 Å². The van der Waals surface area contributed by atoms with Crippen LogP contribution in [0.3, 0.4) is 0 Å². The number of benzene rings is 4. The maximum absolute atomic E-state index is 13.8. The van der Waals surface area contributed by atoms with Gasteiger partial charge in [-0.2, -0.15) is 14.4 Å². The van der Waals surface area contributed by atoms with E-state index in [1.54, 1.807) is 6.07 Å². The van der Waals surface area contributed by atoms with Gasteiger partial charge < -0.3 is 0 Å². The molecular weight excluding hydrogens is 547 g/mol. The summed E-state index contributed by atoms with van der Waals surface area (Å²) in [6.07, 6.45) is 2.18. The Labute approximate surface area is 234 Å². The first-order chi connectivity index (χ1) is 19.4. The minimum absolute atomic E-state index is 0.109. The van der Waals surface area contributed by atoms with Gasteiger partial charge in [0, 0.05) is 18.7 Å². The second-order valence-corrected chi connectivity index (χ2v) is 12.2. The predicted molar refractivity (Wildman–Crippen MR) is 155 cm³/mol. The summed E-state index contributed by atoms with van der Waals surface area (Å²) >= 11 is 1.14. The average molecular weight is 571 g/mol. The number of amides is 1. The Hall–Kier alpha value is -4.25. The fourth-order valence-corrected chi connectivity index (χ4v) is 6.91. The Kier molecular flexibility index (Phi) is 6.97. The number of carbonyl (C=O) groups excluding carboxylic acids is 1. The molecule has 1 aliphatic heterocycles. The summed E-state index contributed by atoms with van der Waals surface area (Å²) in [5.41, 5.74) is 3.70. The lowest BCUT2D eigenvalue weighted by Crippen LogP contribution is -2.36. The lowest BCUT2D eigenvalue weighted by Gasteiger charge is -2.28. The molecule has 0 fully saturated rings. The minimum Gasteiger partial charge on any atom is -0.267 e. The van der Waals surface area contributed by atoms with Crippen LogP contribution in [0.15, 0.2) is 107 Å². The van der Waals surface area contributed by atoms with Crippen LogP contribution in [0, 0.1) is 5.82 Å². The molecule has 40 heavy (non-hydrogen) atoms. The maximum Gasteiger partial charge on any atom is 0.280 e. The van der Waals surface area contributed by atoms with Crippen LogP contribution in [0.4, 0.5) is 9.52 Å². The molecule has 0 bridgehead atoms. The zero-order chi connectivity index (χ0) is 27.7. The smallest absolute Gasteiger partial charge is 0.267 e. The number of nitrogens with zero attached hydrogens (tertiary/aromatic N) is 4. The van der Waals surface area contributed by atoms with Gasteiger partial charge in [0.1, 0.15) is 5.82 Å². The molecule has 0 N–H and O–H groups in total. The van der Waals surface area contributed by atoms with E-state index in [-0.39, 0.29) is 15.6 Å². The molecule has 1 aliphatic rings. The number of carbonyl (C=O) groups is 1. The fourth-order valence-electron chi connectivity index (χ4n) is 4.54. The van der Waals surface area contributed by atoms with Gasteiger partial charge in [-0.15, -0.1) is 0 Å². The number of halogens is 1. The number of sulfonamides is 1. The van der Waals surface area contributed by atoms with Crippen LogP contribution in [-0.4, -0.2) is 36.4 Å². The normalized spacial score (nSPS) is 13.9. The Balaban J connectivity index is 1.30. The molecule has 0 saturated carbocycles. The van der Waals surface area contributed by atoms with E-state index in [4.69, 9.17) is 0 Å². The Bertz CT molecular complexity index is 1840. The Morgan fingerprint density at radius 3 is 2.45 bits per heavy atom. The molecular formula is C30H23FN4O3S2. The van der Waals surface area contributed by atoms with Gasteiger partial charge in [0.25, 0.3) is 5.91 Å². The summed E-state index contributed by atoms with van der Waals surface area (Å²) in [6, 6.07) is 27.2. The molecule has 0 aliphatic carbocycles. The van der Waals surface area contributed by atoms with E-state index < -0.39 is 21.7 Å². The van der Waals surface area contributed by atoms with Crippen molar-refractivity contribution >= 4 is 48.8 Å². The first kappa shape index (κ1) is 26.0. The zero-order valence-electron chi connectivity index (χ0n) is 21.1. The third-order valence-electron chi connectivity index (χ3n) is 6.67. The van der Waals surface area contributed by atoms with Gasteiger partial charge in [-0.3, -0.25) is 4.79 Å². The SMILES string of the molecule is O=C(c1ccc(S(=O)(=O)N2CCc3ccccc3C2)cc1)N(/N=C/c1ccccc1)c1nc2ccc(F)cc2s1. The van der Waals surface area contributed by atoms with Gasteiger partial charge in [0.15, 0.2) is 0 Å². The second-order valence-electron chi connectivity index (χ2n) is 9.26. The highest BCUT2D eigenvalue weighted by Gasteiger charge is 2.29. The summed E-state index contributed by atoms with van der Waals surface area (Å²) in [4.78, 5) is 18.3. The van der Waals surface area contributed by atoms with E-state index in [0.29, 0.717) is 29.7 Å². The van der Waals surface area contributed by atoms with Crippen molar-refractivity contribution in [2.75, 3.05) is 11.6 Å².